The number of aromatic nitrogens is 2. The second-order valence-corrected chi connectivity index (χ2v) is 3.96. The number of nitrogens with one attached hydrogen (secondary N) is 1. The summed E-state index contributed by atoms with van der Waals surface area (Å²) < 4.78 is 6.52. The van der Waals surface area contributed by atoms with Gasteiger partial charge >= 0.3 is 5.69 Å². The molecule has 2 atom stereocenters. The van der Waals surface area contributed by atoms with Crippen LogP contribution in [-0.4, -0.2) is 27.4 Å². The van der Waals surface area contributed by atoms with Crippen LogP contribution in [0.25, 0.3) is 10.4 Å². The lowest BCUT2D eigenvalue weighted by Crippen LogP contribution is -2.33. The molecule has 2 N–H and O–H groups in total. The average Bonchev–Trinajstić information content (AvgIpc) is 2.77. The van der Waals surface area contributed by atoms with E-state index in [-0.39, 0.29) is 12.3 Å². The average molecular weight is 265 g/mol. The number of ether oxygens (including phenoxy) is 1. The van der Waals surface area contributed by atoms with Crippen LogP contribution in [0.4, 0.5) is 0 Å². The van der Waals surface area contributed by atoms with Gasteiger partial charge in [0.2, 0.25) is 0 Å². The largest absolute Gasteiger partial charge is 0.393 e. The third-order valence-electron chi connectivity index (χ3n) is 2.69. The van der Waals surface area contributed by atoms with E-state index in [0.717, 1.165) is 4.57 Å². The number of aromatic amines is 1. The molecule has 0 bridgehead atoms. The summed E-state index contributed by atoms with van der Waals surface area (Å²) in [7, 11) is 0. The fraction of sp³-hybridized carbons (Fsp3) is 0.400. The molecule has 0 saturated heterocycles. The number of hydrogen-bond donors (Lipinski definition) is 2. The van der Waals surface area contributed by atoms with Crippen molar-refractivity contribution in [2.45, 2.75) is 19.3 Å². The van der Waals surface area contributed by atoms with E-state index in [9.17, 15) is 9.59 Å². The van der Waals surface area contributed by atoms with Crippen LogP contribution in [0.2, 0.25) is 0 Å². The second-order valence-electron chi connectivity index (χ2n) is 3.96. The monoisotopic (exact) mass is 265 g/mol. The van der Waals surface area contributed by atoms with Gasteiger partial charge in [0.25, 0.3) is 5.56 Å². The van der Waals surface area contributed by atoms with Gasteiger partial charge in [0, 0.05) is 22.4 Å². The van der Waals surface area contributed by atoms with Crippen LogP contribution in [0.5, 0.6) is 0 Å². The minimum atomic E-state index is -0.833. The topological polar surface area (TPSA) is 133 Å². The van der Waals surface area contributed by atoms with E-state index in [4.69, 9.17) is 15.4 Å². The van der Waals surface area contributed by atoms with Crippen molar-refractivity contribution in [2.24, 2.45) is 5.11 Å². The molecule has 1 aromatic heterocycles. The highest BCUT2D eigenvalue weighted by Crippen LogP contribution is 2.26. The van der Waals surface area contributed by atoms with Crippen LogP contribution in [0.1, 0.15) is 11.8 Å². The molecule has 0 amide bonds. The molecule has 9 heteroatoms. The molecular weight excluding hydrogens is 254 g/mol. The number of rotatable bonds is 3. The Kier molecular flexibility index (Phi) is 3.52. The van der Waals surface area contributed by atoms with E-state index in [1.54, 1.807) is 6.92 Å². The fourth-order valence-corrected chi connectivity index (χ4v) is 1.74. The Balaban J connectivity index is 2.45. The van der Waals surface area contributed by atoms with Gasteiger partial charge in [0.05, 0.1) is 6.61 Å². The minimum Gasteiger partial charge on any atom is -0.393 e. The Labute approximate surface area is 106 Å². The van der Waals surface area contributed by atoms with Crippen LogP contribution in [0, 0.1) is 6.92 Å². The van der Waals surface area contributed by atoms with Gasteiger partial charge in [0.15, 0.2) is 6.23 Å². The Morgan fingerprint density at radius 3 is 3.00 bits per heavy atom. The Morgan fingerprint density at radius 2 is 2.37 bits per heavy atom. The highest BCUT2D eigenvalue weighted by Gasteiger charge is 2.27. The number of aryl methyl sites for hydroxylation is 1. The van der Waals surface area contributed by atoms with E-state index >= 15 is 0 Å². The maximum atomic E-state index is 11.7. The smallest absolute Gasteiger partial charge is 0.330 e. The Hall–Kier alpha value is -2.35. The number of hydrogen-bond acceptors (Lipinski definition) is 5. The zero-order valence-electron chi connectivity index (χ0n) is 9.98. The van der Waals surface area contributed by atoms with Gasteiger partial charge in [-0.25, -0.2) is 4.79 Å². The van der Waals surface area contributed by atoms with Crippen molar-refractivity contribution in [3.05, 3.63) is 54.8 Å². The van der Waals surface area contributed by atoms with Gasteiger partial charge in [0.1, 0.15) is 6.10 Å². The fourth-order valence-electron chi connectivity index (χ4n) is 1.74. The molecule has 100 valence electrons. The van der Waals surface area contributed by atoms with Crippen LogP contribution in [-0.2, 0) is 4.74 Å². The van der Waals surface area contributed by atoms with Crippen molar-refractivity contribution >= 4 is 0 Å². The van der Waals surface area contributed by atoms with E-state index in [0.29, 0.717) is 5.56 Å². The summed E-state index contributed by atoms with van der Waals surface area (Å²) in [6, 6.07) is 0. The number of aliphatic hydroxyl groups excluding tert-OH is 1. The van der Waals surface area contributed by atoms with E-state index < -0.39 is 23.6 Å². The Bertz CT molecular complexity index is 682. The van der Waals surface area contributed by atoms with Gasteiger partial charge < -0.3 is 9.84 Å². The van der Waals surface area contributed by atoms with Gasteiger partial charge in [-0.1, -0.05) is 5.11 Å². The number of aliphatic hydroxyl groups is 1. The standard InChI is InChI=1S/C10H11N5O4/c1-5-3-15(10(18)12-9(5)17)8-2-6(13-14-11)7(4-16)19-8/h2-3,7-8,16H,4H2,1H3,(H,12,17,18)/t7-,8-/m1/s1. The first-order valence-corrected chi connectivity index (χ1v) is 5.42. The third-order valence-corrected chi connectivity index (χ3v) is 2.69. The summed E-state index contributed by atoms with van der Waals surface area (Å²) in [6.07, 6.45) is 1.14. The van der Waals surface area contributed by atoms with Crippen molar-refractivity contribution < 1.29 is 9.84 Å². The lowest BCUT2D eigenvalue weighted by atomic mass is 10.3. The quantitative estimate of drug-likeness (QED) is 0.449. The van der Waals surface area contributed by atoms with E-state index in [2.05, 4.69) is 15.0 Å². The third kappa shape index (κ3) is 2.43. The van der Waals surface area contributed by atoms with E-state index in [1.165, 1.54) is 12.3 Å². The zero-order valence-corrected chi connectivity index (χ0v) is 9.98. The molecule has 1 aromatic rings. The summed E-state index contributed by atoms with van der Waals surface area (Å²) in [5.41, 5.74) is 7.82. The second kappa shape index (κ2) is 5.11. The van der Waals surface area contributed by atoms with Gasteiger partial charge in [-0.15, -0.1) is 0 Å². The first-order valence-electron chi connectivity index (χ1n) is 5.42. The predicted octanol–water partition coefficient (Wildman–Crippen LogP) is -0.0711. The van der Waals surface area contributed by atoms with Crippen molar-refractivity contribution in [2.75, 3.05) is 6.61 Å². The highest BCUT2D eigenvalue weighted by molar-refractivity contribution is 5.15. The number of nitrogens with zero attached hydrogens (tertiary/aromatic N) is 4. The van der Waals surface area contributed by atoms with Gasteiger partial charge in [-0.3, -0.25) is 14.3 Å². The van der Waals surface area contributed by atoms with Gasteiger partial charge in [-0.2, -0.15) is 0 Å². The normalized spacial score (nSPS) is 21.9. The molecule has 0 unspecified atom stereocenters. The highest BCUT2D eigenvalue weighted by atomic mass is 16.5. The molecule has 1 aliphatic heterocycles. The lowest BCUT2D eigenvalue weighted by Gasteiger charge is -2.15. The van der Waals surface area contributed by atoms with Crippen molar-refractivity contribution in [3.8, 4) is 0 Å². The van der Waals surface area contributed by atoms with Crippen LogP contribution in [0.3, 0.4) is 0 Å². The minimum absolute atomic E-state index is 0.200. The lowest BCUT2D eigenvalue weighted by molar-refractivity contribution is -0.0143. The zero-order chi connectivity index (χ0) is 14.0. The number of azide groups is 1. The molecule has 0 aromatic carbocycles. The summed E-state index contributed by atoms with van der Waals surface area (Å²) >= 11 is 0. The maximum Gasteiger partial charge on any atom is 0.330 e. The molecular formula is C10H11N5O4. The van der Waals surface area contributed by atoms with Crippen molar-refractivity contribution in [3.63, 3.8) is 0 Å². The van der Waals surface area contributed by atoms with Gasteiger partial charge in [-0.05, 0) is 18.5 Å². The van der Waals surface area contributed by atoms with E-state index in [1.807, 2.05) is 0 Å². The summed E-state index contributed by atoms with van der Waals surface area (Å²) in [5.74, 6) is 0. The molecule has 0 radical (unpaired) electrons. The predicted molar refractivity (Wildman–Crippen MR) is 64.3 cm³/mol. The summed E-state index contributed by atoms with van der Waals surface area (Å²) in [4.78, 5) is 27.7. The molecule has 2 rings (SSSR count). The van der Waals surface area contributed by atoms with Crippen LogP contribution < -0.4 is 11.2 Å². The molecule has 0 fully saturated rings. The molecule has 9 nitrogen and oxygen atoms in total. The molecule has 0 aliphatic carbocycles. The first-order chi connectivity index (χ1) is 9.06. The van der Waals surface area contributed by atoms with Crippen LogP contribution >= 0.6 is 0 Å². The van der Waals surface area contributed by atoms with Crippen LogP contribution in [0.15, 0.2) is 32.7 Å². The van der Waals surface area contributed by atoms with Crippen molar-refractivity contribution in [1.82, 2.24) is 9.55 Å². The Morgan fingerprint density at radius 1 is 1.63 bits per heavy atom. The first kappa shape index (κ1) is 13.1. The molecule has 1 aliphatic rings. The molecule has 0 spiro atoms. The van der Waals surface area contributed by atoms with Crippen molar-refractivity contribution in [1.29, 1.82) is 0 Å². The number of H-pyrrole nitrogens is 1. The molecule has 0 saturated carbocycles. The SMILES string of the molecule is Cc1cn([C@H]2C=C(N=[N+]=[N-])[C@@H](CO)O2)c(=O)[nH]c1=O. The molecule has 19 heavy (non-hydrogen) atoms. The summed E-state index contributed by atoms with van der Waals surface area (Å²) in [5, 5.41) is 12.5. The maximum absolute atomic E-state index is 11.7. The molecule has 2 heterocycles. The summed E-state index contributed by atoms with van der Waals surface area (Å²) in [6.45, 7) is 1.17.